The molecule has 14 heavy (non-hydrogen) atoms. The van der Waals surface area contributed by atoms with Gasteiger partial charge in [0.25, 0.3) is 0 Å². The lowest BCUT2D eigenvalue weighted by Crippen LogP contribution is -2.45. The van der Waals surface area contributed by atoms with Crippen LogP contribution in [0.1, 0.15) is 40.0 Å². The minimum Gasteiger partial charge on any atom is -0.347 e. The highest BCUT2D eigenvalue weighted by Crippen LogP contribution is 2.43. The van der Waals surface area contributed by atoms with Crippen molar-refractivity contribution in [1.82, 2.24) is 0 Å². The lowest BCUT2D eigenvalue weighted by molar-refractivity contribution is -0.180. The summed E-state index contributed by atoms with van der Waals surface area (Å²) in [5, 5.41) is 0. The topological polar surface area (TPSA) is 35.5 Å². The molecule has 2 atom stereocenters. The minimum absolute atomic E-state index is 0.197. The smallest absolute Gasteiger partial charge is 0.163 e. The van der Waals surface area contributed by atoms with Crippen molar-refractivity contribution in [3.05, 3.63) is 0 Å². The molecule has 1 saturated carbocycles. The molecule has 2 aliphatic rings. The number of rotatable bonds is 0. The van der Waals surface area contributed by atoms with Gasteiger partial charge in [0.1, 0.15) is 5.78 Å². The van der Waals surface area contributed by atoms with Crippen molar-refractivity contribution >= 4 is 5.78 Å². The third-order valence-corrected chi connectivity index (χ3v) is 3.37. The minimum atomic E-state index is -0.478. The molecule has 0 bridgehead atoms. The molecule has 2 rings (SSSR count). The molecule has 0 N–H and O–H groups in total. The van der Waals surface area contributed by atoms with Crippen molar-refractivity contribution in [1.29, 1.82) is 0 Å². The van der Waals surface area contributed by atoms with Crippen molar-refractivity contribution in [3.63, 3.8) is 0 Å². The van der Waals surface area contributed by atoms with Crippen molar-refractivity contribution in [3.8, 4) is 0 Å². The van der Waals surface area contributed by atoms with Gasteiger partial charge in [0.15, 0.2) is 5.79 Å². The molecule has 0 aromatic rings. The van der Waals surface area contributed by atoms with E-state index in [1.807, 2.05) is 13.8 Å². The average Bonchev–Trinajstić information content (AvgIpc) is 2.38. The van der Waals surface area contributed by atoms with E-state index in [0.29, 0.717) is 25.2 Å². The summed E-state index contributed by atoms with van der Waals surface area (Å²) in [5.74, 6) is 0.163. The fourth-order valence-corrected chi connectivity index (χ4v) is 2.44. The Kier molecular flexibility index (Phi) is 2.20. The van der Waals surface area contributed by atoms with Gasteiger partial charge < -0.3 is 9.47 Å². The van der Waals surface area contributed by atoms with E-state index in [-0.39, 0.29) is 11.5 Å². The Hall–Kier alpha value is -0.410. The maximum absolute atomic E-state index is 11.3. The Morgan fingerprint density at radius 3 is 2.64 bits per heavy atom. The molecule has 0 unspecified atom stereocenters. The van der Waals surface area contributed by atoms with Crippen LogP contribution in [0.15, 0.2) is 0 Å². The molecule has 1 spiro atoms. The number of ketones is 1. The van der Waals surface area contributed by atoms with Crippen LogP contribution >= 0.6 is 0 Å². The number of carbonyl (C=O) groups excluding carboxylic acids is 1. The second-order valence-corrected chi connectivity index (χ2v) is 5.00. The first-order chi connectivity index (χ1) is 6.44. The lowest BCUT2D eigenvalue weighted by Gasteiger charge is -2.37. The van der Waals surface area contributed by atoms with Crippen LogP contribution in [0.2, 0.25) is 0 Å². The molecule has 0 aromatic heterocycles. The Balaban J connectivity index is 2.14. The van der Waals surface area contributed by atoms with Crippen LogP contribution in [0.25, 0.3) is 0 Å². The molecule has 3 heteroatoms. The molecular weight excluding hydrogens is 180 g/mol. The number of hydrogen-bond donors (Lipinski definition) is 0. The zero-order valence-corrected chi connectivity index (χ0v) is 9.13. The predicted molar refractivity (Wildman–Crippen MR) is 51.9 cm³/mol. The Morgan fingerprint density at radius 2 is 2.14 bits per heavy atom. The van der Waals surface area contributed by atoms with Gasteiger partial charge in [-0.2, -0.15) is 0 Å². The van der Waals surface area contributed by atoms with Crippen molar-refractivity contribution in [2.45, 2.75) is 51.4 Å². The van der Waals surface area contributed by atoms with E-state index in [4.69, 9.17) is 9.47 Å². The fraction of sp³-hybridized carbons (Fsp3) is 0.909. The molecular formula is C11H18O3. The molecule has 1 saturated heterocycles. The van der Waals surface area contributed by atoms with Crippen LogP contribution in [0.5, 0.6) is 0 Å². The van der Waals surface area contributed by atoms with Crippen LogP contribution in [-0.4, -0.2) is 23.8 Å². The van der Waals surface area contributed by atoms with Crippen LogP contribution < -0.4 is 0 Å². The van der Waals surface area contributed by atoms with Gasteiger partial charge in [-0.15, -0.1) is 0 Å². The zero-order chi connectivity index (χ0) is 10.4. The first-order valence-corrected chi connectivity index (χ1v) is 5.29. The molecule has 1 aliphatic heterocycles. The van der Waals surface area contributed by atoms with E-state index < -0.39 is 5.79 Å². The summed E-state index contributed by atoms with van der Waals surface area (Å²) in [7, 11) is 0. The third kappa shape index (κ3) is 1.59. The fourth-order valence-electron chi connectivity index (χ4n) is 2.44. The van der Waals surface area contributed by atoms with Crippen molar-refractivity contribution in [2.75, 3.05) is 6.61 Å². The van der Waals surface area contributed by atoms with Gasteiger partial charge >= 0.3 is 0 Å². The largest absolute Gasteiger partial charge is 0.347 e. The Bertz CT molecular complexity index is 259. The summed E-state index contributed by atoms with van der Waals surface area (Å²) in [6.45, 7) is 6.59. The van der Waals surface area contributed by atoms with Crippen molar-refractivity contribution < 1.29 is 14.3 Å². The van der Waals surface area contributed by atoms with Gasteiger partial charge in [-0.05, 0) is 26.2 Å². The average molecular weight is 198 g/mol. The van der Waals surface area contributed by atoms with Crippen LogP contribution in [-0.2, 0) is 14.3 Å². The molecule has 3 nitrogen and oxygen atoms in total. The van der Waals surface area contributed by atoms with E-state index in [1.165, 1.54) is 0 Å². The number of Topliss-reactive ketones (excluding diaryl/α,β-unsaturated/α-hetero) is 1. The van der Waals surface area contributed by atoms with E-state index >= 15 is 0 Å². The molecule has 80 valence electrons. The quantitative estimate of drug-likeness (QED) is 0.596. The maximum atomic E-state index is 11.3. The second kappa shape index (κ2) is 3.04. The number of carbonyl (C=O) groups is 1. The molecule has 2 fully saturated rings. The molecule has 0 amide bonds. The summed E-state index contributed by atoms with van der Waals surface area (Å²) in [4.78, 5) is 11.3. The third-order valence-electron chi connectivity index (χ3n) is 3.37. The SMILES string of the molecule is C[C@@H]1CC(=O)CC[C@]12COC(C)(C)O2. The first-order valence-electron chi connectivity index (χ1n) is 5.29. The monoisotopic (exact) mass is 198 g/mol. The summed E-state index contributed by atoms with van der Waals surface area (Å²) >= 11 is 0. The Labute approximate surface area is 84.8 Å². The van der Waals surface area contributed by atoms with E-state index in [1.54, 1.807) is 0 Å². The lowest BCUT2D eigenvalue weighted by atomic mass is 9.76. The van der Waals surface area contributed by atoms with Gasteiger partial charge in [-0.3, -0.25) is 4.79 Å². The van der Waals surface area contributed by atoms with E-state index in [2.05, 4.69) is 6.92 Å². The van der Waals surface area contributed by atoms with Crippen LogP contribution in [0.4, 0.5) is 0 Å². The molecule has 1 heterocycles. The van der Waals surface area contributed by atoms with Gasteiger partial charge in [0.05, 0.1) is 12.2 Å². The van der Waals surface area contributed by atoms with Crippen molar-refractivity contribution in [2.24, 2.45) is 5.92 Å². The normalized spacial score (nSPS) is 41.9. The number of ether oxygens (including phenoxy) is 2. The summed E-state index contributed by atoms with van der Waals surface area (Å²) in [6.07, 6.45) is 2.10. The van der Waals surface area contributed by atoms with Gasteiger partial charge in [0, 0.05) is 12.8 Å². The molecule has 1 aliphatic carbocycles. The standard InChI is InChI=1S/C11H18O3/c1-8-6-9(12)4-5-11(8)7-13-10(2,3)14-11/h8H,4-7H2,1-3H3/t8-,11+/m1/s1. The Morgan fingerprint density at radius 1 is 1.43 bits per heavy atom. The van der Waals surface area contributed by atoms with E-state index in [9.17, 15) is 4.79 Å². The summed E-state index contributed by atoms with van der Waals surface area (Å²) < 4.78 is 11.6. The van der Waals surface area contributed by atoms with Gasteiger partial charge in [-0.25, -0.2) is 0 Å². The predicted octanol–water partition coefficient (Wildman–Crippen LogP) is 1.90. The van der Waals surface area contributed by atoms with Gasteiger partial charge in [0.2, 0.25) is 0 Å². The van der Waals surface area contributed by atoms with Gasteiger partial charge in [-0.1, -0.05) is 6.92 Å². The molecule has 0 aromatic carbocycles. The highest BCUT2D eigenvalue weighted by atomic mass is 16.8. The first kappa shape index (κ1) is 10.1. The summed E-state index contributed by atoms with van der Waals surface area (Å²) in [5.41, 5.74) is -0.197. The number of hydrogen-bond acceptors (Lipinski definition) is 3. The highest BCUT2D eigenvalue weighted by Gasteiger charge is 2.50. The van der Waals surface area contributed by atoms with Crippen LogP contribution in [0.3, 0.4) is 0 Å². The van der Waals surface area contributed by atoms with Crippen LogP contribution in [0, 0.1) is 5.92 Å². The summed E-state index contributed by atoms with van der Waals surface area (Å²) in [6, 6.07) is 0. The maximum Gasteiger partial charge on any atom is 0.163 e. The second-order valence-electron chi connectivity index (χ2n) is 5.00. The highest BCUT2D eigenvalue weighted by molar-refractivity contribution is 5.79. The van der Waals surface area contributed by atoms with E-state index in [0.717, 1.165) is 6.42 Å². The molecule has 0 radical (unpaired) electrons. The zero-order valence-electron chi connectivity index (χ0n) is 9.13.